The zero-order valence-electron chi connectivity index (χ0n) is 12.0. The smallest absolute Gasteiger partial charge is 0.339 e. The van der Waals surface area contributed by atoms with Gasteiger partial charge in [0, 0.05) is 17.8 Å². The fourth-order valence-electron chi connectivity index (χ4n) is 2.40. The third-order valence-corrected chi connectivity index (χ3v) is 3.54. The number of nitrogens with zero attached hydrogens (tertiary/aromatic N) is 1. The normalized spacial score (nSPS) is 12.3. The highest BCUT2D eigenvalue weighted by Gasteiger charge is 2.18. The van der Waals surface area contributed by atoms with Gasteiger partial charge >= 0.3 is 5.97 Å². The van der Waals surface area contributed by atoms with Crippen molar-refractivity contribution in [3.05, 3.63) is 65.7 Å². The topological polar surface area (TPSA) is 55.0 Å². The lowest BCUT2D eigenvalue weighted by Gasteiger charge is -2.17. The van der Waals surface area contributed by atoms with Gasteiger partial charge in [-0.2, -0.15) is 0 Å². The van der Waals surface area contributed by atoms with Crippen LogP contribution in [0.1, 0.15) is 35.4 Å². The number of fused-ring (bicyclic) bond motifs is 1. The second-order valence-corrected chi connectivity index (χ2v) is 4.95. The van der Waals surface area contributed by atoms with Crippen LogP contribution in [-0.2, 0) is 4.74 Å². The number of aromatic amines is 1. The van der Waals surface area contributed by atoms with Crippen molar-refractivity contribution in [1.82, 2.24) is 9.97 Å². The summed E-state index contributed by atoms with van der Waals surface area (Å²) in [5.74, 6) is -0.726. The summed E-state index contributed by atoms with van der Waals surface area (Å²) in [6.07, 6.45) is 3.49. The van der Waals surface area contributed by atoms with Crippen molar-refractivity contribution in [2.45, 2.75) is 19.4 Å². The molecule has 1 N–H and O–H groups in total. The van der Waals surface area contributed by atoms with Crippen LogP contribution in [0.2, 0.25) is 0 Å². The first-order chi connectivity index (χ1) is 10.7. The molecule has 22 heavy (non-hydrogen) atoms. The molecule has 0 radical (unpaired) electrons. The minimum absolute atomic E-state index is 0.312. The number of benzene rings is 1. The van der Waals surface area contributed by atoms with E-state index in [0.717, 1.165) is 10.9 Å². The van der Waals surface area contributed by atoms with Crippen LogP contribution < -0.4 is 0 Å². The largest absolute Gasteiger partial charge is 0.454 e. The Morgan fingerprint density at radius 1 is 1.27 bits per heavy atom. The molecule has 1 aromatic carbocycles. The molecule has 0 aliphatic carbocycles. The van der Waals surface area contributed by atoms with Crippen LogP contribution in [0.3, 0.4) is 0 Å². The van der Waals surface area contributed by atoms with Crippen molar-refractivity contribution in [3.8, 4) is 0 Å². The van der Waals surface area contributed by atoms with Crippen LogP contribution in [0.4, 0.5) is 4.39 Å². The van der Waals surface area contributed by atoms with Gasteiger partial charge in [0.05, 0.1) is 5.56 Å². The Kier molecular flexibility index (Phi) is 3.87. The third kappa shape index (κ3) is 2.70. The van der Waals surface area contributed by atoms with Crippen molar-refractivity contribution >= 4 is 17.0 Å². The molecule has 3 rings (SSSR count). The molecule has 0 bridgehead atoms. The fourth-order valence-corrected chi connectivity index (χ4v) is 2.40. The summed E-state index contributed by atoms with van der Waals surface area (Å²) < 4.78 is 18.6. The first-order valence-electron chi connectivity index (χ1n) is 7.07. The number of hydrogen-bond donors (Lipinski definition) is 1. The van der Waals surface area contributed by atoms with E-state index in [1.807, 2.05) is 6.92 Å². The Morgan fingerprint density at radius 3 is 2.77 bits per heavy atom. The molecule has 1 atom stereocenters. The summed E-state index contributed by atoms with van der Waals surface area (Å²) in [7, 11) is 0. The Bertz CT molecular complexity index is 796. The Balaban J connectivity index is 1.86. The summed E-state index contributed by atoms with van der Waals surface area (Å²) in [6.45, 7) is 1.92. The molecular weight excluding hydrogens is 283 g/mol. The minimum atomic E-state index is -0.414. The number of carbonyl (C=O) groups is 1. The molecule has 2 heterocycles. The number of H-pyrrole nitrogens is 1. The number of hydrogen-bond acceptors (Lipinski definition) is 3. The van der Waals surface area contributed by atoms with Gasteiger partial charge in [0.1, 0.15) is 17.6 Å². The average Bonchev–Trinajstić information content (AvgIpc) is 3.01. The molecule has 3 aromatic rings. The Morgan fingerprint density at radius 2 is 2.05 bits per heavy atom. The number of nitrogens with one attached hydrogen (secondary N) is 1. The fraction of sp³-hybridized carbons (Fsp3) is 0.176. The highest BCUT2D eigenvalue weighted by Crippen LogP contribution is 2.24. The van der Waals surface area contributed by atoms with Gasteiger partial charge in [-0.05, 0) is 36.2 Å². The van der Waals surface area contributed by atoms with E-state index in [0.29, 0.717) is 17.6 Å². The van der Waals surface area contributed by atoms with Gasteiger partial charge in [0.25, 0.3) is 0 Å². The first kappa shape index (κ1) is 14.3. The van der Waals surface area contributed by atoms with Crippen LogP contribution >= 0.6 is 0 Å². The van der Waals surface area contributed by atoms with E-state index in [-0.39, 0.29) is 5.82 Å². The molecule has 0 spiro atoms. The van der Waals surface area contributed by atoms with E-state index >= 15 is 0 Å². The number of rotatable bonds is 4. The maximum atomic E-state index is 13.0. The first-order valence-corrected chi connectivity index (χ1v) is 7.07. The summed E-state index contributed by atoms with van der Waals surface area (Å²) in [6, 6.07) is 9.42. The standard InChI is InChI=1S/C17H15FN2O2/c1-2-15(11-3-5-12(18)6-4-11)22-17(21)14-8-10-20-16-13(14)7-9-19-16/h3-10,15H,2H2,1H3,(H,19,20). The lowest BCUT2D eigenvalue weighted by Crippen LogP contribution is -2.11. The molecule has 5 heteroatoms. The van der Waals surface area contributed by atoms with Crippen molar-refractivity contribution in [2.75, 3.05) is 0 Å². The maximum Gasteiger partial charge on any atom is 0.339 e. The molecule has 0 aliphatic rings. The second-order valence-electron chi connectivity index (χ2n) is 4.95. The van der Waals surface area contributed by atoms with Crippen LogP contribution in [0.25, 0.3) is 11.0 Å². The quantitative estimate of drug-likeness (QED) is 0.740. The SMILES string of the molecule is CCC(OC(=O)c1ccnc2[nH]ccc12)c1ccc(F)cc1. The summed E-state index contributed by atoms with van der Waals surface area (Å²) in [5.41, 5.74) is 1.88. The molecular formula is C17H15FN2O2. The molecule has 4 nitrogen and oxygen atoms in total. The zero-order valence-corrected chi connectivity index (χ0v) is 12.0. The maximum absolute atomic E-state index is 13.0. The van der Waals surface area contributed by atoms with Crippen LogP contribution in [0, 0.1) is 5.82 Å². The van der Waals surface area contributed by atoms with E-state index in [1.165, 1.54) is 12.1 Å². The molecule has 0 aliphatic heterocycles. The monoisotopic (exact) mass is 298 g/mol. The van der Waals surface area contributed by atoms with E-state index in [1.54, 1.807) is 36.7 Å². The van der Waals surface area contributed by atoms with Gasteiger partial charge in [-0.15, -0.1) is 0 Å². The van der Waals surface area contributed by atoms with Crippen molar-refractivity contribution < 1.29 is 13.9 Å². The highest BCUT2D eigenvalue weighted by molar-refractivity contribution is 6.02. The lowest BCUT2D eigenvalue weighted by atomic mass is 10.1. The van der Waals surface area contributed by atoms with Gasteiger partial charge < -0.3 is 9.72 Å². The Labute approximate surface area is 126 Å². The molecule has 0 saturated heterocycles. The molecule has 112 valence electrons. The van der Waals surface area contributed by atoms with Crippen molar-refractivity contribution in [2.24, 2.45) is 0 Å². The van der Waals surface area contributed by atoms with Gasteiger partial charge in [0.15, 0.2) is 0 Å². The number of aromatic nitrogens is 2. The van der Waals surface area contributed by atoms with Crippen LogP contribution in [0.15, 0.2) is 48.8 Å². The van der Waals surface area contributed by atoms with E-state index in [2.05, 4.69) is 9.97 Å². The predicted octanol–water partition coefficient (Wildman–Crippen LogP) is 4.01. The average molecular weight is 298 g/mol. The summed E-state index contributed by atoms with van der Waals surface area (Å²) >= 11 is 0. The molecule has 0 amide bonds. The zero-order chi connectivity index (χ0) is 15.5. The molecule has 2 aromatic heterocycles. The van der Waals surface area contributed by atoms with E-state index in [4.69, 9.17) is 4.74 Å². The van der Waals surface area contributed by atoms with Crippen LogP contribution in [0.5, 0.6) is 0 Å². The number of halogens is 1. The van der Waals surface area contributed by atoms with Gasteiger partial charge in [-0.25, -0.2) is 14.2 Å². The van der Waals surface area contributed by atoms with E-state index < -0.39 is 12.1 Å². The summed E-state index contributed by atoms with van der Waals surface area (Å²) in [5, 5.41) is 0.724. The van der Waals surface area contributed by atoms with E-state index in [9.17, 15) is 9.18 Å². The summed E-state index contributed by atoms with van der Waals surface area (Å²) in [4.78, 5) is 19.5. The van der Waals surface area contributed by atoms with Crippen molar-refractivity contribution in [1.29, 1.82) is 0 Å². The number of pyridine rings is 1. The number of esters is 1. The van der Waals surface area contributed by atoms with Gasteiger partial charge in [0.2, 0.25) is 0 Å². The van der Waals surface area contributed by atoms with Gasteiger partial charge in [-0.1, -0.05) is 19.1 Å². The third-order valence-electron chi connectivity index (χ3n) is 3.54. The second kappa shape index (κ2) is 5.97. The van der Waals surface area contributed by atoms with Crippen molar-refractivity contribution in [3.63, 3.8) is 0 Å². The highest BCUT2D eigenvalue weighted by atomic mass is 19.1. The molecule has 1 unspecified atom stereocenters. The molecule has 0 saturated carbocycles. The van der Waals surface area contributed by atoms with Crippen LogP contribution in [-0.4, -0.2) is 15.9 Å². The molecule has 0 fully saturated rings. The van der Waals surface area contributed by atoms with Gasteiger partial charge in [-0.3, -0.25) is 0 Å². The predicted molar refractivity (Wildman–Crippen MR) is 80.9 cm³/mol. The lowest BCUT2D eigenvalue weighted by molar-refractivity contribution is 0.0290. The number of carbonyl (C=O) groups excluding carboxylic acids is 1. The Hall–Kier alpha value is -2.69. The minimum Gasteiger partial charge on any atom is -0.454 e. The number of ether oxygens (including phenoxy) is 1.